The lowest BCUT2D eigenvalue weighted by molar-refractivity contribution is -0.0129. The zero-order valence-electron chi connectivity index (χ0n) is 14.2. The molecule has 0 unspecified atom stereocenters. The summed E-state index contributed by atoms with van der Waals surface area (Å²) in [5.41, 5.74) is 3.35. The van der Waals surface area contributed by atoms with Crippen LogP contribution >= 0.6 is 11.6 Å². The molecular weight excluding hydrogens is 311 g/mol. The van der Waals surface area contributed by atoms with Crippen LogP contribution in [0.3, 0.4) is 0 Å². The minimum Gasteiger partial charge on any atom is -0.373 e. The Morgan fingerprint density at radius 2 is 1.78 bits per heavy atom. The molecule has 0 N–H and O–H groups in total. The molecule has 0 bridgehead atoms. The Bertz CT molecular complexity index is 661. The Morgan fingerprint density at radius 1 is 1.09 bits per heavy atom. The Hall–Kier alpha value is -1.38. The lowest BCUT2D eigenvalue weighted by Gasteiger charge is -2.32. The number of halogens is 2. The summed E-state index contributed by atoms with van der Waals surface area (Å²) in [6, 6.07) is 12.8. The highest BCUT2D eigenvalue weighted by Crippen LogP contribution is 2.41. The summed E-state index contributed by atoms with van der Waals surface area (Å²) in [7, 11) is 0. The SMILES string of the molecule is CCO[C@@H](c1cc(CCl)ccc1-c1ccccc1F)C(C)(C)C. The highest BCUT2D eigenvalue weighted by molar-refractivity contribution is 6.17. The van der Waals surface area contributed by atoms with Gasteiger partial charge in [0.25, 0.3) is 0 Å². The van der Waals surface area contributed by atoms with Gasteiger partial charge >= 0.3 is 0 Å². The first-order valence-corrected chi connectivity index (χ1v) is 8.47. The first-order chi connectivity index (χ1) is 10.9. The molecule has 0 aromatic heterocycles. The molecule has 0 saturated heterocycles. The van der Waals surface area contributed by atoms with Gasteiger partial charge in [0.1, 0.15) is 5.82 Å². The van der Waals surface area contributed by atoms with E-state index in [0.29, 0.717) is 18.1 Å². The van der Waals surface area contributed by atoms with E-state index in [-0.39, 0.29) is 17.3 Å². The normalized spacial score (nSPS) is 13.1. The fourth-order valence-corrected chi connectivity index (χ4v) is 2.98. The van der Waals surface area contributed by atoms with Gasteiger partial charge in [0.2, 0.25) is 0 Å². The van der Waals surface area contributed by atoms with Crippen LogP contribution in [0.4, 0.5) is 4.39 Å². The van der Waals surface area contributed by atoms with E-state index >= 15 is 0 Å². The van der Waals surface area contributed by atoms with Crippen LogP contribution in [0.5, 0.6) is 0 Å². The molecule has 0 heterocycles. The molecule has 23 heavy (non-hydrogen) atoms. The average Bonchev–Trinajstić information content (AvgIpc) is 2.51. The van der Waals surface area contributed by atoms with Crippen molar-refractivity contribution in [1.29, 1.82) is 0 Å². The Labute approximate surface area is 143 Å². The monoisotopic (exact) mass is 334 g/mol. The number of rotatable bonds is 5. The molecule has 0 fully saturated rings. The van der Waals surface area contributed by atoms with Gasteiger partial charge in [-0.2, -0.15) is 0 Å². The molecule has 2 aromatic rings. The lowest BCUT2D eigenvalue weighted by Crippen LogP contribution is -2.22. The molecule has 2 rings (SSSR count). The zero-order valence-corrected chi connectivity index (χ0v) is 15.0. The molecule has 2 aromatic carbocycles. The minimum atomic E-state index is -0.225. The van der Waals surface area contributed by atoms with E-state index in [4.69, 9.17) is 16.3 Å². The van der Waals surface area contributed by atoms with Crippen molar-refractivity contribution >= 4 is 11.6 Å². The summed E-state index contributed by atoms with van der Waals surface area (Å²) in [6.07, 6.45) is -0.134. The van der Waals surface area contributed by atoms with Gasteiger partial charge in [0.05, 0.1) is 6.10 Å². The third-order valence-corrected chi connectivity index (χ3v) is 4.15. The van der Waals surface area contributed by atoms with Crippen molar-refractivity contribution in [2.75, 3.05) is 6.61 Å². The number of hydrogen-bond donors (Lipinski definition) is 0. The first-order valence-electron chi connectivity index (χ1n) is 7.93. The molecule has 0 radical (unpaired) electrons. The van der Waals surface area contributed by atoms with E-state index < -0.39 is 0 Å². The first kappa shape index (κ1) is 18.0. The van der Waals surface area contributed by atoms with Gasteiger partial charge in [-0.05, 0) is 35.1 Å². The van der Waals surface area contributed by atoms with Gasteiger partial charge in [0, 0.05) is 18.1 Å². The van der Waals surface area contributed by atoms with Crippen molar-refractivity contribution in [3.05, 3.63) is 59.4 Å². The second kappa shape index (κ2) is 7.46. The number of hydrogen-bond acceptors (Lipinski definition) is 1. The quantitative estimate of drug-likeness (QED) is 0.578. The molecule has 0 aliphatic carbocycles. The van der Waals surface area contributed by atoms with E-state index in [1.807, 2.05) is 31.2 Å². The second-order valence-corrected chi connectivity index (χ2v) is 7.00. The third kappa shape index (κ3) is 4.13. The van der Waals surface area contributed by atoms with Crippen LogP contribution in [0.15, 0.2) is 42.5 Å². The van der Waals surface area contributed by atoms with Crippen LogP contribution in [-0.2, 0) is 10.6 Å². The smallest absolute Gasteiger partial charge is 0.131 e. The zero-order chi connectivity index (χ0) is 17.0. The predicted molar refractivity (Wildman–Crippen MR) is 95.2 cm³/mol. The molecule has 0 aliphatic heterocycles. The van der Waals surface area contributed by atoms with Gasteiger partial charge in [-0.1, -0.05) is 57.2 Å². The number of alkyl halides is 1. The van der Waals surface area contributed by atoms with E-state index in [0.717, 1.165) is 16.7 Å². The molecule has 0 aliphatic rings. The van der Waals surface area contributed by atoms with Gasteiger partial charge in [-0.25, -0.2) is 4.39 Å². The highest BCUT2D eigenvalue weighted by Gasteiger charge is 2.29. The molecule has 3 heteroatoms. The third-order valence-electron chi connectivity index (χ3n) is 3.84. The van der Waals surface area contributed by atoms with E-state index in [2.05, 4.69) is 20.8 Å². The molecule has 1 atom stereocenters. The lowest BCUT2D eigenvalue weighted by atomic mass is 9.81. The molecule has 0 spiro atoms. The molecular formula is C20H24ClFO. The van der Waals surface area contributed by atoms with Gasteiger partial charge in [-0.15, -0.1) is 11.6 Å². The topological polar surface area (TPSA) is 9.23 Å². The summed E-state index contributed by atoms with van der Waals surface area (Å²) < 4.78 is 20.3. The van der Waals surface area contributed by atoms with Crippen molar-refractivity contribution in [2.45, 2.75) is 39.7 Å². The Balaban J connectivity index is 2.66. The van der Waals surface area contributed by atoms with E-state index in [1.165, 1.54) is 6.07 Å². The van der Waals surface area contributed by atoms with Crippen LogP contribution in [0, 0.1) is 11.2 Å². The number of benzene rings is 2. The van der Waals surface area contributed by atoms with Gasteiger partial charge < -0.3 is 4.74 Å². The van der Waals surface area contributed by atoms with Crippen LogP contribution < -0.4 is 0 Å². The number of ether oxygens (including phenoxy) is 1. The van der Waals surface area contributed by atoms with Crippen molar-refractivity contribution in [3.8, 4) is 11.1 Å². The van der Waals surface area contributed by atoms with Crippen molar-refractivity contribution in [2.24, 2.45) is 5.41 Å². The van der Waals surface area contributed by atoms with Crippen molar-refractivity contribution in [3.63, 3.8) is 0 Å². The Morgan fingerprint density at radius 3 is 2.35 bits per heavy atom. The van der Waals surface area contributed by atoms with Gasteiger partial charge in [-0.3, -0.25) is 0 Å². The predicted octanol–water partition coefficient (Wildman–Crippen LogP) is 6.36. The molecule has 0 amide bonds. The average molecular weight is 335 g/mol. The summed E-state index contributed by atoms with van der Waals surface area (Å²) >= 11 is 6.01. The van der Waals surface area contributed by atoms with E-state index in [1.54, 1.807) is 12.1 Å². The maximum atomic E-state index is 14.3. The summed E-state index contributed by atoms with van der Waals surface area (Å²) in [4.78, 5) is 0. The summed E-state index contributed by atoms with van der Waals surface area (Å²) in [5.74, 6) is 0.199. The van der Waals surface area contributed by atoms with E-state index in [9.17, 15) is 4.39 Å². The largest absolute Gasteiger partial charge is 0.373 e. The van der Waals surface area contributed by atoms with Gasteiger partial charge in [0.15, 0.2) is 0 Å². The highest BCUT2D eigenvalue weighted by atomic mass is 35.5. The minimum absolute atomic E-state index is 0.110. The van der Waals surface area contributed by atoms with Crippen LogP contribution in [0.1, 0.15) is 44.9 Å². The fraction of sp³-hybridized carbons (Fsp3) is 0.400. The Kier molecular flexibility index (Phi) is 5.83. The fourth-order valence-electron chi connectivity index (χ4n) is 2.81. The van der Waals surface area contributed by atoms with Crippen molar-refractivity contribution < 1.29 is 9.13 Å². The van der Waals surface area contributed by atoms with Crippen LogP contribution in [0.2, 0.25) is 0 Å². The van der Waals surface area contributed by atoms with Crippen molar-refractivity contribution in [1.82, 2.24) is 0 Å². The van der Waals surface area contributed by atoms with Crippen LogP contribution in [-0.4, -0.2) is 6.61 Å². The molecule has 0 saturated carbocycles. The van der Waals surface area contributed by atoms with Crippen LogP contribution in [0.25, 0.3) is 11.1 Å². The summed E-state index contributed by atoms with van der Waals surface area (Å²) in [6.45, 7) is 8.97. The maximum Gasteiger partial charge on any atom is 0.131 e. The molecule has 124 valence electrons. The summed E-state index contributed by atoms with van der Waals surface area (Å²) in [5, 5.41) is 0. The molecule has 1 nitrogen and oxygen atoms in total. The standard InChI is InChI=1S/C20H24ClFO/c1-5-23-19(20(2,3)4)17-12-14(13-21)10-11-15(17)16-8-6-7-9-18(16)22/h6-12,19H,5,13H2,1-4H3/t19-/m0/s1. The maximum absolute atomic E-state index is 14.3. The second-order valence-electron chi connectivity index (χ2n) is 6.74.